The number of fused-ring (bicyclic) bond motifs is 1. The summed E-state index contributed by atoms with van der Waals surface area (Å²) in [6.07, 6.45) is 5.39. The van der Waals surface area contributed by atoms with Crippen LogP contribution in [0.5, 0.6) is 0 Å². The molecule has 0 saturated carbocycles. The van der Waals surface area contributed by atoms with Gasteiger partial charge in [0, 0.05) is 5.39 Å². The third-order valence-corrected chi connectivity index (χ3v) is 6.41. The first-order valence-corrected chi connectivity index (χ1v) is 12.0. The standard InChI is InChI=1S/C30H27F5/c1-2-3-4-5-6-20-16-27(33)29(28(34)17-20)23-12-13-24-22(18-23)11-10-21(30(24)35)9-7-19-8-14-25(31)26(32)15-19/h8,10-18H,2-7,9H2,1H3. The molecule has 0 bridgehead atoms. The van der Waals surface area contributed by atoms with Crippen molar-refractivity contribution in [3.8, 4) is 11.1 Å². The second-order valence-electron chi connectivity index (χ2n) is 8.97. The average Bonchev–Trinajstić information content (AvgIpc) is 2.83. The summed E-state index contributed by atoms with van der Waals surface area (Å²) in [7, 11) is 0. The van der Waals surface area contributed by atoms with Gasteiger partial charge in [-0.3, -0.25) is 0 Å². The molecule has 0 spiro atoms. The Bertz CT molecular complexity index is 1320. The number of aryl methyl sites for hydroxylation is 3. The van der Waals surface area contributed by atoms with Crippen LogP contribution in [0.4, 0.5) is 22.0 Å². The predicted octanol–water partition coefficient (Wildman–Crippen LogP) is 9.11. The maximum Gasteiger partial charge on any atom is 0.159 e. The summed E-state index contributed by atoms with van der Waals surface area (Å²) in [5.41, 5.74) is 1.86. The highest BCUT2D eigenvalue weighted by Crippen LogP contribution is 2.32. The third-order valence-electron chi connectivity index (χ3n) is 6.41. The fourth-order valence-corrected chi connectivity index (χ4v) is 4.46. The van der Waals surface area contributed by atoms with Crippen molar-refractivity contribution < 1.29 is 22.0 Å². The fraction of sp³-hybridized carbons (Fsp3) is 0.267. The molecule has 35 heavy (non-hydrogen) atoms. The molecule has 0 atom stereocenters. The zero-order valence-corrected chi connectivity index (χ0v) is 19.6. The van der Waals surface area contributed by atoms with E-state index in [4.69, 9.17) is 0 Å². The van der Waals surface area contributed by atoms with Gasteiger partial charge in [0.15, 0.2) is 11.6 Å². The lowest BCUT2D eigenvalue weighted by Crippen LogP contribution is -1.98. The van der Waals surface area contributed by atoms with E-state index in [1.165, 1.54) is 30.3 Å². The largest absolute Gasteiger partial charge is 0.206 e. The van der Waals surface area contributed by atoms with Crippen LogP contribution in [0.2, 0.25) is 0 Å². The summed E-state index contributed by atoms with van der Waals surface area (Å²) in [4.78, 5) is 0. The summed E-state index contributed by atoms with van der Waals surface area (Å²) in [6, 6.07) is 14.4. The van der Waals surface area contributed by atoms with Crippen molar-refractivity contribution >= 4 is 10.8 Å². The van der Waals surface area contributed by atoms with Crippen LogP contribution < -0.4 is 0 Å². The second kappa shape index (κ2) is 11.0. The van der Waals surface area contributed by atoms with E-state index in [2.05, 4.69) is 6.92 Å². The van der Waals surface area contributed by atoms with E-state index < -0.39 is 29.1 Å². The number of unbranched alkanes of at least 4 members (excludes halogenated alkanes) is 3. The summed E-state index contributed by atoms with van der Waals surface area (Å²) < 4.78 is 71.4. The molecule has 0 aliphatic carbocycles. The van der Waals surface area contributed by atoms with Crippen LogP contribution in [0.3, 0.4) is 0 Å². The molecule has 0 aromatic heterocycles. The molecule has 0 saturated heterocycles. The molecule has 182 valence electrons. The molecule has 4 rings (SSSR count). The predicted molar refractivity (Wildman–Crippen MR) is 131 cm³/mol. The lowest BCUT2D eigenvalue weighted by molar-refractivity contribution is 0.507. The molecule has 4 aromatic rings. The molecule has 0 aliphatic heterocycles. The Morgan fingerprint density at radius 1 is 0.571 bits per heavy atom. The van der Waals surface area contributed by atoms with Crippen molar-refractivity contribution in [3.63, 3.8) is 0 Å². The van der Waals surface area contributed by atoms with Gasteiger partial charge in [0.1, 0.15) is 17.5 Å². The van der Waals surface area contributed by atoms with E-state index in [0.717, 1.165) is 37.8 Å². The minimum absolute atomic E-state index is 0.118. The summed E-state index contributed by atoms with van der Waals surface area (Å²) >= 11 is 0. The highest BCUT2D eigenvalue weighted by molar-refractivity contribution is 5.88. The first-order chi connectivity index (χ1) is 16.9. The molecular weight excluding hydrogens is 455 g/mol. The monoisotopic (exact) mass is 482 g/mol. The summed E-state index contributed by atoms with van der Waals surface area (Å²) in [6.45, 7) is 2.11. The Morgan fingerprint density at radius 3 is 2.03 bits per heavy atom. The van der Waals surface area contributed by atoms with Gasteiger partial charge in [-0.05, 0) is 83.7 Å². The van der Waals surface area contributed by atoms with E-state index in [1.807, 2.05) is 0 Å². The minimum Gasteiger partial charge on any atom is -0.206 e. The molecule has 4 aromatic carbocycles. The molecule has 0 nitrogen and oxygen atoms in total. The van der Waals surface area contributed by atoms with E-state index in [-0.39, 0.29) is 5.56 Å². The maximum absolute atomic E-state index is 15.2. The Labute approximate surface area is 202 Å². The minimum atomic E-state index is -0.932. The zero-order chi connectivity index (χ0) is 24.9. The Kier molecular flexibility index (Phi) is 7.84. The lowest BCUT2D eigenvalue weighted by atomic mass is 9.95. The van der Waals surface area contributed by atoms with Gasteiger partial charge in [0.05, 0.1) is 5.56 Å². The van der Waals surface area contributed by atoms with Crippen LogP contribution >= 0.6 is 0 Å². The molecule has 0 N–H and O–H groups in total. The molecule has 0 unspecified atom stereocenters. The molecule has 0 aliphatic rings. The van der Waals surface area contributed by atoms with Crippen LogP contribution in [-0.2, 0) is 19.3 Å². The van der Waals surface area contributed by atoms with Gasteiger partial charge in [-0.15, -0.1) is 0 Å². The molecule has 0 radical (unpaired) electrons. The van der Waals surface area contributed by atoms with E-state index in [0.29, 0.717) is 52.3 Å². The van der Waals surface area contributed by atoms with E-state index in [1.54, 1.807) is 18.2 Å². The highest BCUT2D eigenvalue weighted by Gasteiger charge is 2.16. The van der Waals surface area contributed by atoms with Gasteiger partial charge in [-0.2, -0.15) is 0 Å². The Hall–Kier alpha value is -3.21. The first-order valence-electron chi connectivity index (χ1n) is 12.0. The van der Waals surface area contributed by atoms with Gasteiger partial charge in [-0.1, -0.05) is 56.5 Å². The van der Waals surface area contributed by atoms with Crippen molar-refractivity contribution in [1.29, 1.82) is 0 Å². The number of halogens is 5. The van der Waals surface area contributed by atoms with Crippen LogP contribution in [0.15, 0.2) is 60.7 Å². The van der Waals surface area contributed by atoms with Gasteiger partial charge in [0.2, 0.25) is 0 Å². The summed E-state index contributed by atoms with van der Waals surface area (Å²) in [5.74, 6) is -3.54. The van der Waals surface area contributed by atoms with Gasteiger partial charge in [-0.25, -0.2) is 22.0 Å². The van der Waals surface area contributed by atoms with Crippen molar-refractivity contribution in [2.75, 3.05) is 0 Å². The van der Waals surface area contributed by atoms with Crippen molar-refractivity contribution in [3.05, 3.63) is 106 Å². The van der Waals surface area contributed by atoms with E-state index in [9.17, 15) is 17.6 Å². The number of benzene rings is 4. The van der Waals surface area contributed by atoms with Gasteiger partial charge < -0.3 is 0 Å². The smallest absolute Gasteiger partial charge is 0.159 e. The van der Waals surface area contributed by atoms with Crippen molar-refractivity contribution in [1.82, 2.24) is 0 Å². The van der Waals surface area contributed by atoms with Crippen LogP contribution in [0.25, 0.3) is 21.9 Å². The third kappa shape index (κ3) is 5.72. The Balaban J connectivity index is 1.55. The molecule has 0 fully saturated rings. The second-order valence-corrected chi connectivity index (χ2v) is 8.97. The average molecular weight is 483 g/mol. The van der Waals surface area contributed by atoms with Crippen LogP contribution in [0.1, 0.15) is 49.3 Å². The molecule has 0 heterocycles. The molecule has 0 amide bonds. The van der Waals surface area contributed by atoms with Crippen molar-refractivity contribution in [2.24, 2.45) is 0 Å². The van der Waals surface area contributed by atoms with Crippen LogP contribution in [-0.4, -0.2) is 0 Å². The molecule has 5 heteroatoms. The fourth-order valence-electron chi connectivity index (χ4n) is 4.46. The first kappa shape index (κ1) is 24.9. The van der Waals surface area contributed by atoms with Gasteiger partial charge in [0.25, 0.3) is 0 Å². The molecular formula is C30H27F5. The Morgan fingerprint density at radius 2 is 1.31 bits per heavy atom. The van der Waals surface area contributed by atoms with E-state index >= 15 is 4.39 Å². The normalized spacial score (nSPS) is 11.4. The van der Waals surface area contributed by atoms with Crippen molar-refractivity contribution in [2.45, 2.75) is 51.9 Å². The SMILES string of the molecule is CCCCCCc1cc(F)c(-c2ccc3c(F)c(CCc4ccc(F)c(F)c4)ccc3c2)c(F)c1. The lowest BCUT2D eigenvalue weighted by Gasteiger charge is -2.11. The quantitative estimate of drug-likeness (QED) is 0.165. The topological polar surface area (TPSA) is 0 Å². The number of hydrogen-bond acceptors (Lipinski definition) is 0. The number of hydrogen-bond donors (Lipinski definition) is 0. The highest BCUT2D eigenvalue weighted by atomic mass is 19.2. The summed E-state index contributed by atoms with van der Waals surface area (Å²) in [5, 5.41) is 0.865. The van der Waals surface area contributed by atoms with Crippen LogP contribution in [0, 0.1) is 29.1 Å². The van der Waals surface area contributed by atoms with Gasteiger partial charge >= 0.3 is 0 Å². The number of rotatable bonds is 9. The zero-order valence-electron chi connectivity index (χ0n) is 19.6. The maximum atomic E-state index is 15.2.